The maximum atomic E-state index is 3.45. The van der Waals surface area contributed by atoms with E-state index in [0.29, 0.717) is 5.54 Å². The summed E-state index contributed by atoms with van der Waals surface area (Å²) in [6, 6.07) is 7.20. The van der Waals surface area contributed by atoms with Crippen molar-refractivity contribution in [3.05, 3.63) is 34.9 Å². The standard InChI is InChI=1S/C18H28N2/c1-18(2,20-12-10-19-11-13-20)9-8-15-6-7-16-4-3-5-17(16)14-15/h6-7,14,19H,3-5,8-13H2,1-2H3. The van der Waals surface area contributed by atoms with Crippen LogP contribution in [0.2, 0.25) is 0 Å². The molecule has 0 radical (unpaired) electrons. The molecular formula is C18H28N2. The van der Waals surface area contributed by atoms with Crippen LogP contribution in [0.3, 0.4) is 0 Å². The molecule has 1 aliphatic heterocycles. The van der Waals surface area contributed by atoms with E-state index < -0.39 is 0 Å². The molecule has 1 heterocycles. The maximum Gasteiger partial charge on any atom is 0.0157 e. The number of fused-ring (bicyclic) bond motifs is 1. The highest BCUT2D eigenvalue weighted by Gasteiger charge is 2.27. The van der Waals surface area contributed by atoms with Gasteiger partial charge in [0, 0.05) is 31.7 Å². The van der Waals surface area contributed by atoms with E-state index in [4.69, 9.17) is 0 Å². The Labute approximate surface area is 123 Å². The third-order valence-corrected chi connectivity index (χ3v) is 5.16. The molecule has 1 N–H and O–H groups in total. The normalized spacial score (nSPS) is 20.1. The third kappa shape index (κ3) is 3.07. The van der Waals surface area contributed by atoms with Gasteiger partial charge in [-0.25, -0.2) is 0 Å². The smallest absolute Gasteiger partial charge is 0.0157 e. The monoisotopic (exact) mass is 272 g/mol. The van der Waals surface area contributed by atoms with Gasteiger partial charge in [-0.1, -0.05) is 18.2 Å². The van der Waals surface area contributed by atoms with Crippen molar-refractivity contribution in [2.45, 2.75) is 51.5 Å². The van der Waals surface area contributed by atoms with Gasteiger partial charge in [0.1, 0.15) is 0 Å². The lowest BCUT2D eigenvalue weighted by atomic mass is 9.92. The number of piperazine rings is 1. The molecule has 0 bridgehead atoms. The van der Waals surface area contributed by atoms with Crippen LogP contribution in [0.4, 0.5) is 0 Å². The van der Waals surface area contributed by atoms with Crippen LogP contribution < -0.4 is 5.32 Å². The first-order chi connectivity index (χ1) is 9.65. The molecule has 1 fully saturated rings. The van der Waals surface area contributed by atoms with E-state index in [-0.39, 0.29) is 0 Å². The van der Waals surface area contributed by atoms with Crippen molar-refractivity contribution in [2.75, 3.05) is 26.2 Å². The minimum absolute atomic E-state index is 0.321. The van der Waals surface area contributed by atoms with Crippen molar-refractivity contribution in [1.82, 2.24) is 10.2 Å². The summed E-state index contributed by atoms with van der Waals surface area (Å²) in [5.41, 5.74) is 5.06. The summed E-state index contributed by atoms with van der Waals surface area (Å²) >= 11 is 0. The molecule has 0 aromatic heterocycles. The van der Waals surface area contributed by atoms with Crippen molar-refractivity contribution in [3.63, 3.8) is 0 Å². The molecule has 1 aromatic rings. The molecule has 110 valence electrons. The molecule has 3 rings (SSSR count). The Morgan fingerprint density at radius 2 is 1.85 bits per heavy atom. The number of hydrogen-bond acceptors (Lipinski definition) is 2. The van der Waals surface area contributed by atoms with Crippen LogP contribution >= 0.6 is 0 Å². The van der Waals surface area contributed by atoms with Gasteiger partial charge < -0.3 is 5.32 Å². The number of rotatable bonds is 4. The predicted octanol–water partition coefficient (Wildman–Crippen LogP) is 2.79. The van der Waals surface area contributed by atoms with E-state index in [2.05, 4.69) is 42.3 Å². The first-order valence-corrected chi connectivity index (χ1v) is 8.22. The van der Waals surface area contributed by atoms with E-state index >= 15 is 0 Å². The second-order valence-corrected chi connectivity index (χ2v) is 7.01. The molecule has 0 saturated carbocycles. The zero-order chi connectivity index (χ0) is 14.0. The van der Waals surface area contributed by atoms with E-state index in [1.165, 1.54) is 50.8 Å². The molecule has 1 saturated heterocycles. The van der Waals surface area contributed by atoms with Crippen LogP contribution in [0.5, 0.6) is 0 Å². The predicted molar refractivity (Wildman–Crippen MR) is 85.3 cm³/mol. The van der Waals surface area contributed by atoms with Crippen molar-refractivity contribution < 1.29 is 0 Å². The highest BCUT2D eigenvalue weighted by Crippen LogP contribution is 2.26. The number of hydrogen-bond donors (Lipinski definition) is 1. The largest absolute Gasteiger partial charge is 0.314 e. The van der Waals surface area contributed by atoms with E-state index in [0.717, 1.165) is 13.1 Å². The zero-order valence-electron chi connectivity index (χ0n) is 13.0. The van der Waals surface area contributed by atoms with Crippen LogP contribution in [0.15, 0.2) is 18.2 Å². The fraction of sp³-hybridized carbons (Fsp3) is 0.667. The number of nitrogens with zero attached hydrogens (tertiary/aromatic N) is 1. The Hall–Kier alpha value is -0.860. The number of nitrogens with one attached hydrogen (secondary N) is 1. The van der Waals surface area contributed by atoms with E-state index in [1.54, 1.807) is 11.1 Å². The highest BCUT2D eigenvalue weighted by atomic mass is 15.2. The third-order valence-electron chi connectivity index (χ3n) is 5.16. The molecular weight excluding hydrogens is 244 g/mol. The molecule has 2 aliphatic rings. The zero-order valence-corrected chi connectivity index (χ0v) is 13.0. The fourth-order valence-corrected chi connectivity index (χ4v) is 3.66. The molecule has 1 aliphatic carbocycles. The van der Waals surface area contributed by atoms with Gasteiger partial charge >= 0.3 is 0 Å². The Morgan fingerprint density at radius 1 is 1.10 bits per heavy atom. The Bertz CT molecular complexity index is 458. The van der Waals surface area contributed by atoms with Gasteiger partial charge in [-0.3, -0.25) is 4.90 Å². The van der Waals surface area contributed by atoms with E-state index in [1.807, 2.05) is 0 Å². The van der Waals surface area contributed by atoms with Crippen molar-refractivity contribution >= 4 is 0 Å². The maximum absolute atomic E-state index is 3.45. The molecule has 20 heavy (non-hydrogen) atoms. The minimum Gasteiger partial charge on any atom is -0.314 e. The Morgan fingerprint density at radius 3 is 2.65 bits per heavy atom. The molecule has 0 spiro atoms. The fourth-order valence-electron chi connectivity index (χ4n) is 3.66. The van der Waals surface area contributed by atoms with E-state index in [9.17, 15) is 0 Å². The van der Waals surface area contributed by atoms with Crippen LogP contribution in [0.25, 0.3) is 0 Å². The van der Waals surface area contributed by atoms with Crippen LogP contribution in [0.1, 0.15) is 43.4 Å². The summed E-state index contributed by atoms with van der Waals surface area (Å²) in [5, 5.41) is 3.45. The molecule has 0 unspecified atom stereocenters. The first-order valence-electron chi connectivity index (χ1n) is 8.22. The summed E-state index contributed by atoms with van der Waals surface area (Å²) in [6.07, 6.45) is 6.41. The Balaban J connectivity index is 1.60. The van der Waals surface area contributed by atoms with Gasteiger partial charge in [0.05, 0.1) is 0 Å². The van der Waals surface area contributed by atoms with Crippen molar-refractivity contribution in [3.8, 4) is 0 Å². The summed E-state index contributed by atoms with van der Waals surface area (Å²) in [4.78, 5) is 2.65. The van der Waals surface area contributed by atoms with Crippen molar-refractivity contribution in [1.29, 1.82) is 0 Å². The van der Waals surface area contributed by atoms with Gasteiger partial charge in [-0.2, -0.15) is 0 Å². The first kappa shape index (κ1) is 14.1. The summed E-state index contributed by atoms with van der Waals surface area (Å²) in [5.74, 6) is 0. The van der Waals surface area contributed by atoms with Gasteiger partial charge in [-0.15, -0.1) is 0 Å². The molecule has 2 heteroatoms. The van der Waals surface area contributed by atoms with Gasteiger partial charge in [0.15, 0.2) is 0 Å². The minimum atomic E-state index is 0.321. The molecule has 0 atom stereocenters. The number of benzene rings is 1. The van der Waals surface area contributed by atoms with Gasteiger partial charge in [0.2, 0.25) is 0 Å². The summed E-state index contributed by atoms with van der Waals surface area (Å²) in [6.45, 7) is 9.48. The quantitative estimate of drug-likeness (QED) is 0.906. The van der Waals surface area contributed by atoms with Crippen LogP contribution in [0, 0.1) is 0 Å². The SMILES string of the molecule is CC(C)(CCc1ccc2c(c1)CCC2)N1CCNCC1. The van der Waals surface area contributed by atoms with Crippen LogP contribution in [-0.4, -0.2) is 36.6 Å². The number of aryl methyl sites for hydroxylation is 3. The Kier molecular flexibility index (Phi) is 4.13. The lowest BCUT2D eigenvalue weighted by molar-refractivity contribution is 0.0959. The second kappa shape index (κ2) is 5.87. The van der Waals surface area contributed by atoms with Gasteiger partial charge in [-0.05, 0) is 62.6 Å². The highest BCUT2D eigenvalue weighted by molar-refractivity contribution is 5.35. The lowest BCUT2D eigenvalue weighted by Crippen LogP contribution is -2.53. The molecule has 1 aromatic carbocycles. The molecule has 2 nitrogen and oxygen atoms in total. The summed E-state index contributed by atoms with van der Waals surface area (Å²) < 4.78 is 0. The average Bonchev–Trinajstić information content (AvgIpc) is 2.94. The summed E-state index contributed by atoms with van der Waals surface area (Å²) in [7, 11) is 0. The van der Waals surface area contributed by atoms with Crippen LogP contribution in [-0.2, 0) is 19.3 Å². The van der Waals surface area contributed by atoms with Crippen molar-refractivity contribution in [2.24, 2.45) is 0 Å². The van der Waals surface area contributed by atoms with Gasteiger partial charge in [0.25, 0.3) is 0 Å². The lowest BCUT2D eigenvalue weighted by Gasteiger charge is -2.41. The second-order valence-electron chi connectivity index (χ2n) is 7.01. The molecule has 0 amide bonds. The average molecular weight is 272 g/mol. The topological polar surface area (TPSA) is 15.3 Å².